The van der Waals surface area contributed by atoms with Gasteiger partial charge in [0, 0.05) is 29.6 Å². The molecule has 0 aliphatic carbocycles. The van der Waals surface area contributed by atoms with Crippen LogP contribution in [0.4, 0.5) is 11.4 Å². The Morgan fingerprint density at radius 3 is 2.55 bits per heavy atom. The smallest absolute Gasteiger partial charge is 0.251 e. The number of carbonyl (C=O) groups excluding carboxylic acids is 2. The van der Waals surface area contributed by atoms with E-state index < -0.39 is 5.60 Å². The number of benzene rings is 1. The normalized spacial score (nSPS) is 12.1. The lowest BCUT2D eigenvalue weighted by Gasteiger charge is -2.19. The highest BCUT2D eigenvalue weighted by Gasteiger charge is 2.15. The number of amides is 1. The predicted molar refractivity (Wildman–Crippen MR) is 79.7 cm³/mol. The van der Waals surface area contributed by atoms with Crippen LogP contribution in [-0.2, 0) is 9.53 Å². The van der Waals surface area contributed by atoms with Crippen LogP contribution in [0.25, 0.3) is 0 Å². The summed E-state index contributed by atoms with van der Waals surface area (Å²) in [5.74, 6) is -0.242. The molecule has 0 heterocycles. The van der Waals surface area contributed by atoms with Crippen LogP contribution in [0.5, 0.6) is 0 Å². The lowest BCUT2D eigenvalue weighted by atomic mass is 10.1. The number of nitrogens with two attached hydrogens (primary N) is 1. The van der Waals surface area contributed by atoms with Gasteiger partial charge in [-0.25, -0.2) is 0 Å². The molecule has 0 saturated heterocycles. The van der Waals surface area contributed by atoms with Crippen LogP contribution in [0, 0.1) is 0 Å². The Labute approximate surface area is 118 Å². The van der Waals surface area contributed by atoms with Crippen molar-refractivity contribution in [3.63, 3.8) is 0 Å². The number of ether oxygens (including phenoxy) is 1. The molecule has 0 unspecified atom stereocenters. The van der Waals surface area contributed by atoms with Crippen molar-refractivity contribution in [3.8, 4) is 0 Å². The van der Waals surface area contributed by atoms with Crippen LogP contribution in [0.1, 0.15) is 31.1 Å². The molecule has 0 fully saturated rings. The fraction of sp³-hybridized carbons (Fsp3) is 0.333. The Morgan fingerprint density at radius 1 is 1.40 bits per heavy atom. The molecular weight excluding hydrogens is 256 g/mol. The Bertz CT molecular complexity index is 548. The summed E-state index contributed by atoms with van der Waals surface area (Å²) >= 11 is 0. The number of rotatable bonds is 5. The van der Waals surface area contributed by atoms with E-state index in [2.05, 4.69) is 5.32 Å². The number of methoxy groups -OCH3 is 1. The van der Waals surface area contributed by atoms with Crippen molar-refractivity contribution in [2.24, 2.45) is 0 Å². The maximum atomic E-state index is 12.0. The molecular formula is C15H20N2O3. The zero-order chi connectivity index (χ0) is 15.3. The number of nitrogen functional groups attached to an aromatic ring is 1. The summed E-state index contributed by atoms with van der Waals surface area (Å²) in [6.45, 7) is 5.43. The minimum atomic E-state index is -0.512. The molecule has 0 bridgehead atoms. The van der Waals surface area contributed by atoms with E-state index in [1.54, 1.807) is 38.3 Å². The molecule has 0 saturated carbocycles. The number of aldehydes is 1. The third-order valence-corrected chi connectivity index (χ3v) is 2.92. The Kier molecular flexibility index (Phi) is 5.05. The van der Waals surface area contributed by atoms with E-state index in [9.17, 15) is 9.59 Å². The SMILES string of the molecule is COC(C)(C)/C=C(\C)C(=O)Nc1ccc(C=O)c(N)c1. The van der Waals surface area contributed by atoms with E-state index in [0.29, 0.717) is 28.8 Å². The van der Waals surface area contributed by atoms with Crippen molar-refractivity contribution in [2.45, 2.75) is 26.4 Å². The second kappa shape index (κ2) is 6.34. The van der Waals surface area contributed by atoms with Crippen LogP contribution in [0.2, 0.25) is 0 Å². The molecule has 0 atom stereocenters. The van der Waals surface area contributed by atoms with Crippen LogP contribution in [-0.4, -0.2) is 24.9 Å². The fourth-order valence-electron chi connectivity index (χ4n) is 1.64. The van der Waals surface area contributed by atoms with Crippen molar-refractivity contribution in [2.75, 3.05) is 18.2 Å². The quantitative estimate of drug-likeness (QED) is 0.491. The summed E-state index contributed by atoms with van der Waals surface area (Å²) in [6, 6.07) is 4.75. The highest BCUT2D eigenvalue weighted by Crippen LogP contribution is 2.18. The number of hydrogen-bond donors (Lipinski definition) is 2. The Hall–Kier alpha value is -2.14. The topological polar surface area (TPSA) is 81.4 Å². The predicted octanol–water partition coefficient (Wildman–Crippen LogP) is 2.39. The average Bonchev–Trinajstić information content (AvgIpc) is 2.38. The first-order chi connectivity index (χ1) is 9.29. The molecule has 5 nitrogen and oxygen atoms in total. The van der Waals surface area contributed by atoms with Crippen LogP contribution in [0.3, 0.4) is 0 Å². The summed E-state index contributed by atoms with van der Waals surface area (Å²) in [7, 11) is 1.58. The van der Waals surface area contributed by atoms with Crippen molar-refractivity contribution in [1.29, 1.82) is 0 Å². The Morgan fingerprint density at radius 2 is 2.05 bits per heavy atom. The minimum Gasteiger partial charge on any atom is -0.398 e. The van der Waals surface area contributed by atoms with Gasteiger partial charge in [0.2, 0.25) is 0 Å². The average molecular weight is 276 g/mol. The van der Waals surface area contributed by atoms with Gasteiger partial charge in [0.1, 0.15) is 0 Å². The molecule has 1 amide bonds. The van der Waals surface area contributed by atoms with Gasteiger partial charge in [-0.1, -0.05) is 0 Å². The number of anilines is 2. The van der Waals surface area contributed by atoms with E-state index in [0.717, 1.165) is 0 Å². The lowest BCUT2D eigenvalue weighted by Crippen LogP contribution is -2.22. The van der Waals surface area contributed by atoms with Crippen LogP contribution >= 0.6 is 0 Å². The first-order valence-electron chi connectivity index (χ1n) is 6.19. The van der Waals surface area contributed by atoms with Crippen LogP contribution in [0.15, 0.2) is 29.8 Å². The van der Waals surface area contributed by atoms with E-state index >= 15 is 0 Å². The van der Waals surface area contributed by atoms with Crippen LogP contribution < -0.4 is 11.1 Å². The number of nitrogens with one attached hydrogen (secondary N) is 1. The van der Waals surface area contributed by atoms with Gasteiger partial charge in [-0.15, -0.1) is 0 Å². The zero-order valence-electron chi connectivity index (χ0n) is 12.2. The first kappa shape index (κ1) is 15.9. The van der Waals surface area contributed by atoms with Crippen molar-refractivity contribution < 1.29 is 14.3 Å². The fourth-order valence-corrected chi connectivity index (χ4v) is 1.64. The summed E-state index contributed by atoms with van der Waals surface area (Å²) in [4.78, 5) is 22.7. The monoisotopic (exact) mass is 276 g/mol. The highest BCUT2D eigenvalue weighted by atomic mass is 16.5. The molecule has 1 rings (SSSR count). The maximum absolute atomic E-state index is 12.0. The molecule has 0 spiro atoms. The van der Waals surface area contributed by atoms with Gasteiger partial charge in [-0.05, 0) is 45.0 Å². The largest absolute Gasteiger partial charge is 0.398 e. The molecule has 20 heavy (non-hydrogen) atoms. The summed E-state index contributed by atoms with van der Waals surface area (Å²) in [5, 5.41) is 2.72. The molecule has 0 aliphatic rings. The van der Waals surface area contributed by atoms with E-state index in [1.807, 2.05) is 13.8 Å². The third-order valence-electron chi connectivity index (χ3n) is 2.92. The molecule has 0 radical (unpaired) electrons. The molecule has 1 aromatic rings. The van der Waals surface area contributed by atoms with Gasteiger partial charge in [0.25, 0.3) is 5.91 Å². The van der Waals surface area contributed by atoms with Gasteiger partial charge in [-0.3, -0.25) is 9.59 Å². The summed E-state index contributed by atoms with van der Waals surface area (Å²) < 4.78 is 5.24. The third kappa shape index (κ3) is 4.20. The summed E-state index contributed by atoms with van der Waals surface area (Å²) in [5.41, 5.74) is 6.99. The molecule has 0 aromatic heterocycles. The zero-order valence-corrected chi connectivity index (χ0v) is 12.2. The number of hydrogen-bond acceptors (Lipinski definition) is 4. The van der Waals surface area contributed by atoms with Gasteiger partial charge in [-0.2, -0.15) is 0 Å². The van der Waals surface area contributed by atoms with E-state index in [4.69, 9.17) is 10.5 Å². The molecule has 0 aliphatic heterocycles. The van der Waals surface area contributed by atoms with Gasteiger partial charge in [0.15, 0.2) is 6.29 Å². The Balaban J connectivity index is 2.86. The van der Waals surface area contributed by atoms with E-state index in [-0.39, 0.29) is 5.91 Å². The van der Waals surface area contributed by atoms with Crippen molar-refractivity contribution in [1.82, 2.24) is 0 Å². The second-order valence-corrected chi connectivity index (χ2v) is 5.05. The molecule has 1 aromatic carbocycles. The minimum absolute atomic E-state index is 0.242. The van der Waals surface area contributed by atoms with Crippen molar-refractivity contribution in [3.05, 3.63) is 35.4 Å². The molecule has 108 valence electrons. The first-order valence-corrected chi connectivity index (χ1v) is 6.19. The molecule has 3 N–H and O–H groups in total. The maximum Gasteiger partial charge on any atom is 0.251 e. The number of carbonyl (C=O) groups is 2. The van der Waals surface area contributed by atoms with Gasteiger partial charge < -0.3 is 15.8 Å². The van der Waals surface area contributed by atoms with Gasteiger partial charge >= 0.3 is 0 Å². The van der Waals surface area contributed by atoms with Crippen molar-refractivity contribution >= 4 is 23.6 Å². The standard InChI is InChI=1S/C15H20N2O3/c1-10(8-15(2,3)20-4)14(19)17-12-6-5-11(9-18)13(16)7-12/h5-9H,16H2,1-4H3,(H,17,19)/b10-8+. The highest BCUT2D eigenvalue weighted by molar-refractivity contribution is 6.03. The van der Waals surface area contributed by atoms with Gasteiger partial charge in [0.05, 0.1) is 5.60 Å². The lowest BCUT2D eigenvalue weighted by molar-refractivity contribution is -0.112. The van der Waals surface area contributed by atoms with E-state index in [1.165, 1.54) is 0 Å². The summed E-state index contributed by atoms with van der Waals surface area (Å²) in [6.07, 6.45) is 2.42. The second-order valence-electron chi connectivity index (χ2n) is 5.05. The molecule has 5 heteroatoms.